The maximum absolute atomic E-state index is 10.9. The van der Waals surface area contributed by atoms with Gasteiger partial charge in [-0.15, -0.1) is 0 Å². The molecule has 1 aromatic heterocycles. The van der Waals surface area contributed by atoms with Crippen molar-refractivity contribution in [1.82, 2.24) is 9.97 Å². The Kier molecular flexibility index (Phi) is 1.71. The van der Waals surface area contributed by atoms with Crippen molar-refractivity contribution in [3.63, 3.8) is 0 Å². The number of carbonyl (C=O) groups is 1. The highest BCUT2D eigenvalue weighted by atomic mass is 16.1. The Labute approximate surface area is 71.2 Å². The molecule has 0 radical (unpaired) electrons. The molecule has 0 unspecified atom stereocenters. The van der Waals surface area contributed by atoms with Gasteiger partial charge in [0.25, 0.3) is 0 Å². The molecule has 0 spiro atoms. The van der Waals surface area contributed by atoms with E-state index in [9.17, 15) is 4.79 Å². The number of aromatic nitrogens is 2. The number of rotatable bonds is 3. The van der Waals surface area contributed by atoms with Gasteiger partial charge < -0.3 is 4.98 Å². The van der Waals surface area contributed by atoms with Crippen molar-refractivity contribution in [2.24, 2.45) is 5.92 Å². The van der Waals surface area contributed by atoms with Crippen LogP contribution in [0.1, 0.15) is 36.1 Å². The molecular formula is C9H12N2O. The summed E-state index contributed by atoms with van der Waals surface area (Å²) in [6.45, 7) is 1.55. The summed E-state index contributed by atoms with van der Waals surface area (Å²) in [7, 11) is 0. The summed E-state index contributed by atoms with van der Waals surface area (Å²) < 4.78 is 0. The fourth-order valence-corrected chi connectivity index (χ4v) is 1.24. The van der Waals surface area contributed by atoms with E-state index in [1.165, 1.54) is 12.8 Å². The van der Waals surface area contributed by atoms with E-state index in [0.717, 1.165) is 18.2 Å². The van der Waals surface area contributed by atoms with Gasteiger partial charge in [-0.3, -0.25) is 4.79 Å². The third kappa shape index (κ3) is 1.55. The molecule has 0 aromatic carbocycles. The normalized spacial score (nSPS) is 16.4. The molecule has 1 N–H and O–H groups in total. The van der Waals surface area contributed by atoms with Crippen LogP contribution >= 0.6 is 0 Å². The molecule has 3 heteroatoms. The third-order valence-electron chi connectivity index (χ3n) is 2.19. The predicted molar refractivity (Wildman–Crippen MR) is 45.0 cm³/mol. The van der Waals surface area contributed by atoms with Gasteiger partial charge in [-0.05, 0) is 18.8 Å². The second kappa shape index (κ2) is 2.73. The molecule has 1 saturated carbocycles. The van der Waals surface area contributed by atoms with Gasteiger partial charge in [-0.2, -0.15) is 0 Å². The molecule has 0 amide bonds. The molecular weight excluding hydrogens is 152 g/mol. The van der Waals surface area contributed by atoms with Gasteiger partial charge in [-0.1, -0.05) is 0 Å². The number of H-pyrrole nitrogens is 1. The lowest BCUT2D eigenvalue weighted by Crippen LogP contribution is -1.93. The molecule has 1 aliphatic carbocycles. The maximum Gasteiger partial charge on any atom is 0.177 e. The van der Waals surface area contributed by atoms with Crippen molar-refractivity contribution in [2.45, 2.75) is 26.2 Å². The first-order valence-corrected chi connectivity index (χ1v) is 4.30. The van der Waals surface area contributed by atoms with Crippen LogP contribution in [-0.2, 0) is 6.42 Å². The molecule has 2 rings (SSSR count). The van der Waals surface area contributed by atoms with Gasteiger partial charge in [-0.25, -0.2) is 4.98 Å². The lowest BCUT2D eigenvalue weighted by molar-refractivity contribution is 0.101. The Bertz CT molecular complexity index is 299. The van der Waals surface area contributed by atoms with Crippen molar-refractivity contribution in [1.29, 1.82) is 0 Å². The molecule has 1 fully saturated rings. The van der Waals surface area contributed by atoms with Crippen LogP contribution in [0.3, 0.4) is 0 Å². The van der Waals surface area contributed by atoms with Crippen molar-refractivity contribution in [3.8, 4) is 0 Å². The highest BCUT2D eigenvalue weighted by Crippen LogP contribution is 2.31. The number of imidazole rings is 1. The number of hydrogen-bond donors (Lipinski definition) is 1. The molecule has 1 aliphatic rings. The number of nitrogens with zero attached hydrogens (tertiary/aromatic N) is 1. The molecule has 0 aliphatic heterocycles. The average Bonchev–Trinajstić information content (AvgIpc) is 2.66. The van der Waals surface area contributed by atoms with Crippen LogP contribution in [-0.4, -0.2) is 15.8 Å². The first-order valence-electron chi connectivity index (χ1n) is 4.30. The van der Waals surface area contributed by atoms with Crippen LogP contribution in [0.2, 0.25) is 0 Å². The summed E-state index contributed by atoms with van der Waals surface area (Å²) in [4.78, 5) is 18.1. The lowest BCUT2D eigenvalue weighted by atomic mass is 10.3. The second-order valence-corrected chi connectivity index (χ2v) is 3.45. The minimum atomic E-state index is 0.0598. The van der Waals surface area contributed by atoms with Crippen molar-refractivity contribution in [2.75, 3.05) is 0 Å². The SMILES string of the molecule is CC(=O)c1cnc(CC2CC2)[nH]1. The Morgan fingerprint density at radius 1 is 1.75 bits per heavy atom. The van der Waals surface area contributed by atoms with Gasteiger partial charge >= 0.3 is 0 Å². The summed E-state index contributed by atoms with van der Waals surface area (Å²) in [6, 6.07) is 0. The molecule has 64 valence electrons. The minimum Gasteiger partial charge on any atom is -0.340 e. The smallest absolute Gasteiger partial charge is 0.177 e. The molecule has 12 heavy (non-hydrogen) atoms. The van der Waals surface area contributed by atoms with Crippen LogP contribution in [0.5, 0.6) is 0 Å². The zero-order chi connectivity index (χ0) is 8.55. The van der Waals surface area contributed by atoms with Crippen LogP contribution < -0.4 is 0 Å². The first-order chi connectivity index (χ1) is 5.75. The molecule has 1 aromatic rings. The number of nitrogens with one attached hydrogen (secondary N) is 1. The number of Topliss-reactive ketones (excluding diaryl/α,β-unsaturated/α-hetero) is 1. The maximum atomic E-state index is 10.9. The van der Waals surface area contributed by atoms with Gasteiger partial charge in [0.1, 0.15) is 11.5 Å². The zero-order valence-corrected chi connectivity index (χ0v) is 7.13. The van der Waals surface area contributed by atoms with Crippen LogP contribution in [0.4, 0.5) is 0 Å². The van der Waals surface area contributed by atoms with Crippen LogP contribution in [0, 0.1) is 5.92 Å². The largest absolute Gasteiger partial charge is 0.340 e. The Balaban J connectivity index is 2.06. The standard InChI is InChI=1S/C9H12N2O/c1-6(12)8-5-10-9(11-8)4-7-2-3-7/h5,7H,2-4H2,1H3,(H,10,11). The van der Waals surface area contributed by atoms with E-state index >= 15 is 0 Å². The summed E-state index contributed by atoms with van der Waals surface area (Å²) >= 11 is 0. The highest BCUT2D eigenvalue weighted by Gasteiger charge is 2.22. The van der Waals surface area contributed by atoms with Gasteiger partial charge in [0, 0.05) is 13.3 Å². The van der Waals surface area contributed by atoms with E-state index in [1.54, 1.807) is 13.1 Å². The second-order valence-electron chi connectivity index (χ2n) is 3.45. The highest BCUT2D eigenvalue weighted by molar-refractivity contribution is 5.91. The van der Waals surface area contributed by atoms with Crippen LogP contribution in [0.25, 0.3) is 0 Å². The molecule has 1 heterocycles. The molecule has 0 atom stereocenters. The fourth-order valence-electron chi connectivity index (χ4n) is 1.24. The summed E-state index contributed by atoms with van der Waals surface area (Å²) in [5, 5.41) is 0. The summed E-state index contributed by atoms with van der Waals surface area (Å²) in [6.07, 6.45) is 5.26. The van der Waals surface area contributed by atoms with E-state index in [1.807, 2.05) is 0 Å². The van der Waals surface area contributed by atoms with E-state index in [-0.39, 0.29) is 5.78 Å². The van der Waals surface area contributed by atoms with Gasteiger partial charge in [0.15, 0.2) is 5.78 Å². The van der Waals surface area contributed by atoms with E-state index in [0.29, 0.717) is 5.69 Å². The third-order valence-corrected chi connectivity index (χ3v) is 2.19. The number of carbonyl (C=O) groups excluding carboxylic acids is 1. The number of aromatic amines is 1. The number of hydrogen-bond acceptors (Lipinski definition) is 2. The Morgan fingerprint density at radius 3 is 3.00 bits per heavy atom. The van der Waals surface area contributed by atoms with Crippen molar-refractivity contribution >= 4 is 5.78 Å². The summed E-state index contributed by atoms with van der Waals surface area (Å²) in [5.41, 5.74) is 0.630. The monoisotopic (exact) mass is 164 g/mol. The van der Waals surface area contributed by atoms with Gasteiger partial charge in [0.05, 0.1) is 6.20 Å². The molecule has 0 bridgehead atoms. The average molecular weight is 164 g/mol. The topological polar surface area (TPSA) is 45.8 Å². The predicted octanol–water partition coefficient (Wildman–Crippen LogP) is 1.56. The van der Waals surface area contributed by atoms with E-state index in [2.05, 4.69) is 9.97 Å². The van der Waals surface area contributed by atoms with Crippen molar-refractivity contribution in [3.05, 3.63) is 17.7 Å². The molecule has 3 nitrogen and oxygen atoms in total. The Morgan fingerprint density at radius 2 is 2.50 bits per heavy atom. The quantitative estimate of drug-likeness (QED) is 0.689. The lowest BCUT2D eigenvalue weighted by Gasteiger charge is -1.90. The molecule has 0 saturated heterocycles. The van der Waals surface area contributed by atoms with Gasteiger partial charge in [0.2, 0.25) is 0 Å². The zero-order valence-electron chi connectivity index (χ0n) is 7.13. The Hall–Kier alpha value is -1.12. The van der Waals surface area contributed by atoms with Crippen LogP contribution in [0.15, 0.2) is 6.20 Å². The summed E-state index contributed by atoms with van der Waals surface area (Å²) in [5.74, 6) is 1.84. The number of ketones is 1. The van der Waals surface area contributed by atoms with Crippen molar-refractivity contribution < 1.29 is 4.79 Å². The van der Waals surface area contributed by atoms with E-state index < -0.39 is 0 Å². The van der Waals surface area contributed by atoms with E-state index in [4.69, 9.17) is 0 Å². The minimum absolute atomic E-state index is 0.0598. The first kappa shape index (κ1) is 7.53. The fraction of sp³-hybridized carbons (Fsp3) is 0.556.